The lowest BCUT2D eigenvalue weighted by molar-refractivity contribution is 0.0811. The van der Waals surface area contributed by atoms with E-state index in [9.17, 15) is 18.0 Å². The quantitative estimate of drug-likeness (QED) is 0.246. The van der Waals surface area contributed by atoms with Crippen LogP contribution in [0.15, 0.2) is 65.6 Å². The third-order valence-electron chi connectivity index (χ3n) is 6.54. The van der Waals surface area contributed by atoms with Crippen LogP contribution in [0.1, 0.15) is 33.0 Å². The van der Waals surface area contributed by atoms with Gasteiger partial charge in [-0.25, -0.2) is 22.1 Å². The van der Waals surface area contributed by atoms with Crippen LogP contribution < -0.4 is 10.5 Å². The first kappa shape index (κ1) is 28.6. The number of aromatic nitrogens is 3. The highest BCUT2D eigenvalue weighted by Gasteiger charge is 2.55. The summed E-state index contributed by atoms with van der Waals surface area (Å²) in [7, 11) is -2.42. The van der Waals surface area contributed by atoms with Crippen molar-refractivity contribution < 1.29 is 17.6 Å². The number of aryl methyl sites for hydroxylation is 2. The van der Waals surface area contributed by atoms with Gasteiger partial charge in [-0.3, -0.25) is 14.6 Å². The fraction of sp³-hybridized carbons (Fsp3) is 0.241. The van der Waals surface area contributed by atoms with Crippen molar-refractivity contribution >= 4 is 32.4 Å². The topological polar surface area (TPSA) is 116 Å². The molecule has 9 nitrogen and oxygen atoms in total. The Morgan fingerprint density at radius 3 is 2.42 bits per heavy atom. The summed E-state index contributed by atoms with van der Waals surface area (Å²) in [4.78, 5) is 38.9. The Kier molecular flexibility index (Phi) is 7.86. The van der Waals surface area contributed by atoms with E-state index in [1.54, 1.807) is 24.0 Å². The minimum atomic E-state index is -4.74. The number of benzene rings is 2. The number of sulfonamides is 1. The van der Waals surface area contributed by atoms with E-state index in [1.165, 1.54) is 42.6 Å². The molecule has 40 heavy (non-hydrogen) atoms. The number of rotatable bonds is 9. The summed E-state index contributed by atoms with van der Waals surface area (Å²) in [6, 6.07) is 13.4. The van der Waals surface area contributed by atoms with Gasteiger partial charge in [0.2, 0.25) is 5.78 Å². The number of aromatic amines is 1. The summed E-state index contributed by atoms with van der Waals surface area (Å²) in [5.41, 5.74) is 1.88. The number of nitrogens with one attached hydrogen (secondary N) is 1. The summed E-state index contributed by atoms with van der Waals surface area (Å²) in [5.74, 6) is 1.79. The molecule has 0 radical (unpaired) electrons. The zero-order chi connectivity index (χ0) is 29.2. The number of carbonyl (C=O) groups is 1. The maximum Gasteiger partial charge on any atom is 0.312 e. The van der Waals surface area contributed by atoms with Gasteiger partial charge in [0, 0.05) is 26.2 Å². The van der Waals surface area contributed by atoms with Crippen molar-refractivity contribution in [1.29, 1.82) is 0 Å². The number of halogens is 1. The Morgan fingerprint density at radius 1 is 1.12 bits per heavy atom. The molecule has 0 saturated carbocycles. The Balaban J connectivity index is 1.70. The maximum absolute atomic E-state index is 16.4. The molecule has 4 rings (SSSR count). The molecule has 4 aromatic rings. The third kappa shape index (κ3) is 5.11. The van der Waals surface area contributed by atoms with Crippen molar-refractivity contribution in [2.75, 3.05) is 25.5 Å². The fourth-order valence-electron chi connectivity index (χ4n) is 4.35. The summed E-state index contributed by atoms with van der Waals surface area (Å²) >= 11 is 0. The van der Waals surface area contributed by atoms with E-state index in [2.05, 4.69) is 20.9 Å². The van der Waals surface area contributed by atoms with Crippen molar-refractivity contribution in [3.8, 4) is 12.3 Å². The molecule has 2 aromatic heterocycles. The monoisotopic (exact) mass is 561 g/mol. The van der Waals surface area contributed by atoms with Crippen molar-refractivity contribution in [2.45, 2.75) is 25.4 Å². The fourth-order valence-corrected chi connectivity index (χ4v) is 5.63. The lowest BCUT2D eigenvalue weighted by Crippen LogP contribution is -2.46. The Morgan fingerprint density at radius 2 is 1.82 bits per heavy atom. The number of fused-ring (bicyclic) bond motifs is 1. The number of carbonyl (C=O) groups excluding carboxylic acids is 1. The largest absolute Gasteiger partial charge is 0.355 e. The van der Waals surface area contributed by atoms with Gasteiger partial charge >= 0.3 is 5.00 Å². The predicted octanol–water partition coefficient (Wildman–Crippen LogP) is 3.47. The van der Waals surface area contributed by atoms with Crippen molar-refractivity contribution in [2.24, 2.45) is 0 Å². The molecule has 1 unspecified atom stereocenters. The zero-order valence-electron chi connectivity index (χ0n) is 22.5. The van der Waals surface area contributed by atoms with E-state index in [0.29, 0.717) is 33.3 Å². The minimum Gasteiger partial charge on any atom is -0.355 e. The number of hydrogen-bond acceptors (Lipinski definition) is 7. The molecular weight excluding hydrogens is 533 g/mol. The van der Waals surface area contributed by atoms with E-state index in [4.69, 9.17) is 6.42 Å². The van der Waals surface area contributed by atoms with Crippen LogP contribution in [0.25, 0.3) is 10.9 Å². The standard InChI is InChI=1S/C29H28FN5O4S/c1-6-14-35(18-21-16-24-26(15-19(21)2)32-20(3)33-28(24)37)23-12-13-25(31-17-23)27(36)29(30,40(38,39)34(4)5)22-10-8-7-9-11-22/h1,7-13,15-17H,14,18H2,2-5H3,(H,32,33,37). The first-order valence-electron chi connectivity index (χ1n) is 12.3. The summed E-state index contributed by atoms with van der Waals surface area (Å²) < 4.78 is 43.2. The predicted molar refractivity (Wildman–Crippen MR) is 152 cm³/mol. The summed E-state index contributed by atoms with van der Waals surface area (Å²) in [6.45, 7) is 4.08. The van der Waals surface area contributed by atoms with Crippen LogP contribution in [-0.2, 0) is 21.6 Å². The molecule has 206 valence electrons. The zero-order valence-corrected chi connectivity index (χ0v) is 23.3. The SMILES string of the molecule is C#CCN(Cc1cc2c(=O)[nH]c(C)nc2cc1C)c1ccc(C(=O)C(F)(c2ccccc2)S(=O)(=O)N(C)C)nc1. The van der Waals surface area contributed by atoms with Crippen molar-refractivity contribution in [3.05, 3.63) is 99.4 Å². The van der Waals surface area contributed by atoms with Gasteiger partial charge in [0.25, 0.3) is 15.6 Å². The molecule has 0 fully saturated rings. The maximum atomic E-state index is 16.4. The molecule has 1 N–H and O–H groups in total. The van der Waals surface area contributed by atoms with E-state index in [0.717, 1.165) is 25.2 Å². The molecule has 2 heterocycles. The van der Waals surface area contributed by atoms with E-state index in [1.807, 2.05) is 13.0 Å². The lowest BCUT2D eigenvalue weighted by atomic mass is 10.0. The van der Waals surface area contributed by atoms with Crippen LogP contribution in [0.5, 0.6) is 0 Å². The molecule has 2 aromatic carbocycles. The number of anilines is 1. The molecule has 0 saturated heterocycles. The molecule has 1 atom stereocenters. The Hall–Kier alpha value is -4.40. The number of pyridine rings is 1. The second-order valence-corrected chi connectivity index (χ2v) is 11.7. The van der Waals surface area contributed by atoms with Crippen molar-refractivity contribution in [1.82, 2.24) is 19.3 Å². The molecule has 0 amide bonds. The molecule has 0 bridgehead atoms. The van der Waals surface area contributed by atoms with E-state index in [-0.39, 0.29) is 23.4 Å². The van der Waals surface area contributed by atoms with Crippen LogP contribution >= 0.6 is 0 Å². The van der Waals surface area contributed by atoms with Crippen LogP contribution in [0.2, 0.25) is 0 Å². The normalized spacial score (nSPS) is 13.1. The number of nitrogens with zero attached hydrogens (tertiary/aromatic N) is 4. The number of terminal acetylenes is 1. The van der Waals surface area contributed by atoms with Gasteiger partial charge in [0.1, 0.15) is 11.5 Å². The number of ketones is 1. The highest BCUT2D eigenvalue weighted by molar-refractivity contribution is 7.90. The molecular formula is C29H28FN5O4S. The van der Waals surface area contributed by atoms with Crippen LogP contribution in [0.3, 0.4) is 0 Å². The van der Waals surface area contributed by atoms with Crippen LogP contribution in [0, 0.1) is 26.2 Å². The molecule has 0 spiro atoms. The number of Topliss-reactive ketones (excluding diaryl/α,β-unsaturated/α-hetero) is 1. The molecule has 11 heteroatoms. The number of alkyl halides is 1. The average molecular weight is 562 g/mol. The van der Waals surface area contributed by atoms with Crippen LogP contribution in [-0.4, -0.2) is 54.1 Å². The second kappa shape index (κ2) is 11.0. The van der Waals surface area contributed by atoms with Crippen molar-refractivity contribution in [3.63, 3.8) is 0 Å². The summed E-state index contributed by atoms with van der Waals surface area (Å²) in [5, 5.41) is -2.94. The van der Waals surface area contributed by atoms with Gasteiger partial charge in [-0.15, -0.1) is 6.42 Å². The van der Waals surface area contributed by atoms with Crippen LogP contribution in [0.4, 0.5) is 10.1 Å². The molecule has 0 aliphatic carbocycles. The van der Waals surface area contributed by atoms with Gasteiger partial charge in [-0.1, -0.05) is 36.3 Å². The van der Waals surface area contributed by atoms with E-state index >= 15 is 4.39 Å². The lowest BCUT2D eigenvalue weighted by Gasteiger charge is -2.27. The molecule has 0 aliphatic rings. The summed E-state index contributed by atoms with van der Waals surface area (Å²) in [6.07, 6.45) is 6.95. The highest BCUT2D eigenvalue weighted by atomic mass is 32.2. The van der Waals surface area contributed by atoms with Gasteiger partial charge in [-0.2, -0.15) is 0 Å². The Bertz CT molecular complexity index is 1780. The minimum absolute atomic E-state index is 0.168. The first-order chi connectivity index (χ1) is 18.9. The average Bonchev–Trinajstić information content (AvgIpc) is 2.93. The van der Waals surface area contributed by atoms with Gasteiger partial charge in [0.15, 0.2) is 0 Å². The van der Waals surface area contributed by atoms with Gasteiger partial charge in [-0.05, 0) is 49.2 Å². The van der Waals surface area contributed by atoms with Gasteiger partial charge in [0.05, 0.1) is 29.3 Å². The number of H-pyrrole nitrogens is 1. The Labute approximate surface area is 231 Å². The highest BCUT2D eigenvalue weighted by Crippen LogP contribution is 2.37. The third-order valence-corrected chi connectivity index (χ3v) is 8.64. The molecule has 0 aliphatic heterocycles. The van der Waals surface area contributed by atoms with E-state index < -0.39 is 20.8 Å². The number of hydrogen-bond donors (Lipinski definition) is 1. The first-order valence-corrected chi connectivity index (χ1v) is 13.7. The van der Waals surface area contributed by atoms with Gasteiger partial charge < -0.3 is 9.88 Å². The smallest absolute Gasteiger partial charge is 0.312 e. The second-order valence-electron chi connectivity index (χ2n) is 9.49.